The van der Waals surface area contributed by atoms with Gasteiger partial charge in [0.1, 0.15) is 0 Å². The number of hydrogen-bond donors (Lipinski definition) is 1. The van der Waals surface area contributed by atoms with Crippen LogP contribution < -0.4 is 5.32 Å². The molecule has 1 N–H and O–H groups in total. The van der Waals surface area contributed by atoms with Crippen molar-refractivity contribution < 1.29 is 9.15 Å². The van der Waals surface area contributed by atoms with E-state index in [4.69, 9.17) is 9.15 Å². The predicted molar refractivity (Wildman–Crippen MR) is 47.3 cm³/mol. The molecule has 0 aliphatic heterocycles. The van der Waals surface area contributed by atoms with Crippen LogP contribution in [0, 0.1) is 0 Å². The lowest BCUT2D eigenvalue weighted by Gasteiger charge is -1.94. The van der Waals surface area contributed by atoms with Gasteiger partial charge in [0.2, 0.25) is 11.8 Å². The summed E-state index contributed by atoms with van der Waals surface area (Å²) < 4.78 is 10.2. The smallest absolute Gasteiger partial charge is 0.230 e. The first-order chi connectivity index (χ1) is 6.36. The molecule has 0 radical (unpaired) electrons. The minimum Gasteiger partial charge on any atom is -0.424 e. The first-order valence-corrected chi connectivity index (χ1v) is 4.31. The molecule has 0 spiro atoms. The molecule has 1 heterocycles. The van der Waals surface area contributed by atoms with Crippen molar-refractivity contribution in [2.45, 2.75) is 19.4 Å². The van der Waals surface area contributed by atoms with E-state index in [0.29, 0.717) is 18.3 Å². The normalized spacial score (nSPS) is 10.6. The molecule has 1 aromatic heterocycles. The molecule has 0 aliphatic rings. The fourth-order valence-corrected chi connectivity index (χ4v) is 0.980. The van der Waals surface area contributed by atoms with Gasteiger partial charge in [-0.05, 0) is 13.5 Å². The van der Waals surface area contributed by atoms with Gasteiger partial charge in [-0.25, -0.2) is 0 Å². The number of hydrogen-bond acceptors (Lipinski definition) is 5. The highest BCUT2D eigenvalue weighted by Gasteiger charge is 2.03. The van der Waals surface area contributed by atoms with Gasteiger partial charge >= 0.3 is 0 Å². The maximum atomic E-state index is 5.33. The number of methoxy groups -OCH3 is 1. The molecular weight excluding hydrogens is 170 g/mol. The van der Waals surface area contributed by atoms with Gasteiger partial charge in [-0.15, -0.1) is 10.2 Å². The Morgan fingerprint density at radius 3 is 2.85 bits per heavy atom. The van der Waals surface area contributed by atoms with Crippen molar-refractivity contribution in [3.63, 3.8) is 0 Å². The van der Waals surface area contributed by atoms with Gasteiger partial charge in [0, 0.05) is 20.1 Å². The topological polar surface area (TPSA) is 60.2 Å². The Morgan fingerprint density at radius 1 is 1.38 bits per heavy atom. The van der Waals surface area contributed by atoms with E-state index in [1.54, 1.807) is 7.11 Å². The van der Waals surface area contributed by atoms with Crippen LogP contribution in [0.15, 0.2) is 4.42 Å². The van der Waals surface area contributed by atoms with Crippen LogP contribution in [0.2, 0.25) is 0 Å². The molecule has 5 heteroatoms. The highest BCUT2D eigenvalue weighted by molar-refractivity contribution is 4.81. The zero-order valence-corrected chi connectivity index (χ0v) is 8.04. The van der Waals surface area contributed by atoms with Crippen molar-refractivity contribution in [3.8, 4) is 0 Å². The minimum absolute atomic E-state index is 0.622. The second kappa shape index (κ2) is 5.66. The largest absolute Gasteiger partial charge is 0.424 e. The average molecular weight is 185 g/mol. The summed E-state index contributed by atoms with van der Waals surface area (Å²) in [5, 5.41) is 10.7. The summed E-state index contributed by atoms with van der Waals surface area (Å²) in [6, 6.07) is 0. The maximum absolute atomic E-state index is 5.33. The standard InChI is InChI=1S/C8H15N3O2/c1-9-6-8-11-10-7(13-8)4-3-5-12-2/h9H,3-6H2,1-2H3. The molecule has 0 aliphatic carbocycles. The molecule has 1 rings (SSSR count). The summed E-state index contributed by atoms with van der Waals surface area (Å²) in [6.45, 7) is 1.35. The first kappa shape index (κ1) is 10.1. The number of nitrogens with one attached hydrogen (secondary N) is 1. The molecule has 0 unspecified atom stereocenters. The van der Waals surface area contributed by atoms with E-state index >= 15 is 0 Å². The molecule has 74 valence electrons. The monoisotopic (exact) mass is 185 g/mol. The third kappa shape index (κ3) is 3.52. The molecule has 13 heavy (non-hydrogen) atoms. The molecule has 0 atom stereocenters. The predicted octanol–water partition coefficient (Wildman–Crippen LogP) is 0.368. The van der Waals surface area contributed by atoms with E-state index in [-0.39, 0.29) is 0 Å². The van der Waals surface area contributed by atoms with E-state index in [1.807, 2.05) is 7.05 Å². The summed E-state index contributed by atoms with van der Waals surface area (Å²) >= 11 is 0. The van der Waals surface area contributed by atoms with Crippen LogP contribution in [-0.4, -0.2) is 31.0 Å². The Labute approximate surface area is 77.5 Å². The van der Waals surface area contributed by atoms with Crippen LogP contribution in [0.4, 0.5) is 0 Å². The Bertz CT molecular complexity index is 237. The lowest BCUT2D eigenvalue weighted by atomic mass is 10.3. The van der Waals surface area contributed by atoms with Gasteiger partial charge in [0.15, 0.2) is 0 Å². The van der Waals surface area contributed by atoms with Gasteiger partial charge in [-0.1, -0.05) is 0 Å². The number of aryl methyl sites for hydroxylation is 1. The summed E-state index contributed by atoms with van der Waals surface area (Å²) in [5.74, 6) is 1.32. The highest BCUT2D eigenvalue weighted by Crippen LogP contribution is 2.02. The summed E-state index contributed by atoms with van der Waals surface area (Å²) in [4.78, 5) is 0. The van der Waals surface area contributed by atoms with Crippen molar-refractivity contribution in [1.82, 2.24) is 15.5 Å². The van der Waals surface area contributed by atoms with E-state index < -0.39 is 0 Å². The number of rotatable bonds is 6. The maximum Gasteiger partial charge on any atom is 0.230 e. The van der Waals surface area contributed by atoms with Gasteiger partial charge in [-0.2, -0.15) is 0 Å². The molecule has 0 bridgehead atoms. The fourth-order valence-electron chi connectivity index (χ4n) is 0.980. The van der Waals surface area contributed by atoms with Gasteiger partial charge < -0.3 is 14.5 Å². The van der Waals surface area contributed by atoms with Crippen LogP contribution in [0.3, 0.4) is 0 Å². The van der Waals surface area contributed by atoms with E-state index in [9.17, 15) is 0 Å². The van der Waals surface area contributed by atoms with Crippen LogP contribution in [0.25, 0.3) is 0 Å². The number of aromatic nitrogens is 2. The molecule has 0 fully saturated rings. The molecule has 0 saturated carbocycles. The number of ether oxygens (including phenoxy) is 1. The van der Waals surface area contributed by atoms with Gasteiger partial charge in [0.25, 0.3) is 0 Å². The fraction of sp³-hybridized carbons (Fsp3) is 0.750. The zero-order valence-electron chi connectivity index (χ0n) is 8.04. The van der Waals surface area contributed by atoms with Crippen LogP contribution >= 0.6 is 0 Å². The molecule has 1 aromatic rings. The van der Waals surface area contributed by atoms with Crippen molar-refractivity contribution in [3.05, 3.63) is 11.8 Å². The molecule has 5 nitrogen and oxygen atoms in total. The van der Waals surface area contributed by atoms with Gasteiger partial charge in [0.05, 0.1) is 6.54 Å². The highest BCUT2D eigenvalue weighted by atomic mass is 16.5. The second-order valence-corrected chi connectivity index (χ2v) is 2.72. The van der Waals surface area contributed by atoms with Crippen molar-refractivity contribution in [2.24, 2.45) is 0 Å². The van der Waals surface area contributed by atoms with Crippen molar-refractivity contribution >= 4 is 0 Å². The molecule has 0 saturated heterocycles. The van der Waals surface area contributed by atoms with E-state index in [1.165, 1.54) is 0 Å². The zero-order chi connectivity index (χ0) is 9.52. The quantitative estimate of drug-likeness (QED) is 0.649. The second-order valence-electron chi connectivity index (χ2n) is 2.72. The van der Waals surface area contributed by atoms with Crippen molar-refractivity contribution in [1.29, 1.82) is 0 Å². The van der Waals surface area contributed by atoms with Crippen LogP contribution in [-0.2, 0) is 17.7 Å². The van der Waals surface area contributed by atoms with E-state index in [2.05, 4.69) is 15.5 Å². The first-order valence-electron chi connectivity index (χ1n) is 4.31. The van der Waals surface area contributed by atoms with Gasteiger partial charge in [-0.3, -0.25) is 0 Å². The molecule has 0 aromatic carbocycles. The number of nitrogens with zero attached hydrogens (tertiary/aromatic N) is 2. The molecule has 0 amide bonds. The average Bonchev–Trinajstić information content (AvgIpc) is 2.54. The third-order valence-corrected chi connectivity index (χ3v) is 1.58. The van der Waals surface area contributed by atoms with Crippen LogP contribution in [0.5, 0.6) is 0 Å². The summed E-state index contributed by atoms with van der Waals surface area (Å²) in [7, 11) is 3.52. The van der Waals surface area contributed by atoms with E-state index in [0.717, 1.165) is 19.4 Å². The van der Waals surface area contributed by atoms with Crippen molar-refractivity contribution in [2.75, 3.05) is 20.8 Å². The molecular formula is C8H15N3O2. The summed E-state index contributed by atoms with van der Waals surface area (Å²) in [6.07, 6.45) is 1.70. The Kier molecular flexibility index (Phi) is 4.42. The lowest BCUT2D eigenvalue weighted by molar-refractivity contribution is 0.192. The Hall–Kier alpha value is -0.940. The lowest BCUT2D eigenvalue weighted by Crippen LogP contribution is -2.04. The third-order valence-electron chi connectivity index (χ3n) is 1.58. The Morgan fingerprint density at radius 2 is 2.15 bits per heavy atom. The summed E-state index contributed by atoms with van der Waals surface area (Å²) in [5.41, 5.74) is 0. The Balaban J connectivity index is 2.31. The minimum atomic E-state index is 0.622. The SMILES string of the molecule is CNCc1nnc(CCCOC)o1. The van der Waals surface area contributed by atoms with Crippen LogP contribution in [0.1, 0.15) is 18.2 Å².